The smallest absolute Gasteiger partial charge is 0.391 e. The van der Waals surface area contributed by atoms with E-state index in [2.05, 4.69) is 9.97 Å². The molecule has 0 fully saturated rings. The van der Waals surface area contributed by atoms with Gasteiger partial charge in [-0.15, -0.1) is 0 Å². The molecule has 22 heavy (non-hydrogen) atoms. The SMILES string of the molecule is CN(C)C(=O)Oc1ccnc(SCc2c(F)cccc2Cl)n1. The normalized spacial score (nSPS) is 10.4. The third kappa shape index (κ3) is 4.32. The predicted molar refractivity (Wildman–Crippen MR) is 82.7 cm³/mol. The first kappa shape index (κ1) is 16.5. The quantitative estimate of drug-likeness (QED) is 0.628. The molecule has 0 aliphatic rings. The molecule has 0 spiro atoms. The summed E-state index contributed by atoms with van der Waals surface area (Å²) in [5.41, 5.74) is 0.383. The number of thioether (sulfide) groups is 1. The topological polar surface area (TPSA) is 55.3 Å². The number of hydrogen-bond acceptors (Lipinski definition) is 5. The maximum Gasteiger partial charge on any atom is 0.416 e. The summed E-state index contributed by atoms with van der Waals surface area (Å²) in [5, 5.41) is 0.714. The van der Waals surface area contributed by atoms with Crippen LogP contribution in [0.1, 0.15) is 5.56 Å². The Bertz CT molecular complexity index is 665. The molecule has 0 aliphatic carbocycles. The lowest BCUT2D eigenvalue weighted by Gasteiger charge is -2.10. The highest BCUT2D eigenvalue weighted by Crippen LogP contribution is 2.27. The molecule has 1 aromatic carbocycles. The molecule has 0 unspecified atom stereocenters. The van der Waals surface area contributed by atoms with Crippen LogP contribution < -0.4 is 4.74 Å². The van der Waals surface area contributed by atoms with E-state index in [9.17, 15) is 9.18 Å². The Balaban J connectivity index is 2.06. The Morgan fingerprint density at radius 3 is 2.86 bits per heavy atom. The number of carbonyl (C=O) groups excluding carboxylic acids is 1. The molecule has 0 aliphatic heterocycles. The van der Waals surface area contributed by atoms with E-state index in [1.807, 2.05) is 0 Å². The number of halogens is 2. The first-order valence-electron chi connectivity index (χ1n) is 6.25. The number of amides is 1. The van der Waals surface area contributed by atoms with Gasteiger partial charge in [0.1, 0.15) is 5.82 Å². The minimum atomic E-state index is -0.535. The van der Waals surface area contributed by atoms with Crippen molar-refractivity contribution in [2.24, 2.45) is 0 Å². The second kappa shape index (κ2) is 7.42. The van der Waals surface area contributed by atoms with E-state index in [1.54, 1.807) is 26.2 Å². The fourth-order valence-electron chi connectivity index (χ4n) is 1.44. The van der Waals surface area contributed by atoms with Crippen molar-refractivity contribution in [2.75, 3.05) is 14.1 Å². The summed E-state index contributed by atoms with van der Waals surface area (Å²) in [4.78, 5) is 20.9. The highest BCUT2D eigenvalue weighted by atomic mass is 35.5. The lowest BCUT2D eigenvalue weighted by atomic mass is 10.2. The molecule has 116 valence electrons. The van der Waals surface area contributed by atoms with Gasteiger partial charge in [0.2, 0.25) is 5.88 Å². The summed E-state index contributed by atoms with van der Waals surface area (Å²) >= 11 is 7.16. The van der Waals surface area contributed by atoms with E-state index < -0.39 is 6.09 Å². The van der Waals surface area contributed by atoms with Crippen LogP contribution in [0, 0.1) is 5.82 Å². The van der Waals surface area contributed by atoms with Gasteiger partial charge in [0.05, 0.1) is 0 Å². The molecule has 0 bridgehead atoms. The van der Waals surface area contributed by atoms with Crippen LogP contribution in [0.4, 0.5) is 9.18 Å². The van der Waals surface area contributed by atoms with Gasteiger partial charge in [-0.05, 0) is 12.1 Å². The van der Waals surface area contributed by atoms with Gasteiger partial charge in [0.25, 0.3) is 0 Å². The van der Waals surface area contributed by atoms with Crippen molar-refractivity contribution in [3.8, 4) is 5.88 Å². The maximum absolute atomic E-state index is 13.7. The van der Waals surface area contributed by atoms with Crippen molar-refractivity contribution in [2.45, 2.75) is 10.9 Å². The molecule has 8 heteroatoms. The fraction of sp³-hybridized carbons (Fsp3) is 0.214. The van der Waals surface area contributed by atoms with Gasteiger partial charge in [-0.3, -0.25) is 0 Å². The molecule has 0 N–H and O–H groups in total. The van der Waals surface area contributed by atoms with Crippen LogP contribution in [-0.2, 0) is 5.75 Å². The van der Waals surface area contributed by atoms with Gasteiger partial charge in [-0.25, -0.2) is 14.2 Å². The monoisotopic (exact) mass is 341 g/mol. The second-order valence-corrected chi connectivity index (χ2v) is 5.78. The number of benzene rings is 1. The molecule has 1 aromatic heterocycles. The van der Waals surface area contributed by atoms with Gasteiger partial charge in [0, 0.05) is 42.7 Å². The van der Waals surface area contributed by atoms with Gasteiger partial charge in [-0.2, -0.15) is 4.98 Å². The number of aromatic nitrogens is 2. The zero-order chi connectivity index (χ0) is 16.1. The zero-order valence-electron chi connectivity index (χ0n) is 11.9. The van der Waals surface area contributed by atoms with E-state index in [0.29, 0.717) is 15.7 Å². The molecule has 0 atom stereocenters. The average Bonchev–Trinajstić information content (AvgIpc) is 2.47. The summed E-state index contributed by atoms with van der Waals surface area (Å²) in [7, 11) is 3.14. The number of rotatable bonds is 4. The van der Waals surface area contributed by atoms with Gasteiger partial charge in [0.15, 0.2) is 5.16 Å². The van der Waals surface area contributed by atoms with Crippen molar-refractivity contribution in [3.05, 3.63) is 46.9 Å². The van der Waals surface area contributed by atoms with Gasteiger partial charge >= 0.3 is 6.09 Å². The average molecular weight is 342 g/mol. The first-order chi connectivity index (χ1) is 10.5. The number of hydrogen-bond donors (Lipinski definition) is 0. The van der Waals surface area contributed by atoms with E-state index in [-0.39, 0.29) is 17.5 Å². The molecular weight excluding hydrogens is 329 g/mol. The van der Waals surface area contributed by atoms with Crippen LogP contribution in [0.15, 0.2) is 35.6 Å². The standard InChI is InChI=1S/C14H13ClFN3O2S/c1-19(2)14(20)21-12-6-7-17-13(18-12)22-8-9-10(15)4-3-5-11(9)16/h3-7H,8H2,1-2H3. The predicted octanol–water partition coefficient (Wildman–Crippen LogP) is 3.62. The summed E-state index contributed by atoms with van der Waals surface area (Å²) < 4.78 is 18.7. The van der Waals surface area contributed by atoms with E-state index >= 15 is 0 Å². The number of ether oxygens (including phenoxy) is 1. The minimum absolute atomic E-state index is 0.135. The van der Waals surface area contributed by atoms with E-state index in [4.69, 9.17) is 16.3 Å². The van der Waals surface area contributed by atoms with Crippen LogP contribution in [0.3, 0.4) is 0 Å². The van der Waals surface area contributed by atoms with Gasteiger partial charge in [-0.1, -0.05) is 29.4 Å². The van der Waals surface area contributed by atoms with Crippen LogP contribution in [0.5, 0.6) is 5.88 Å². The van der Waals surface area contributed by atoms with Crippen molar-refractivity contribution < 1.29 is 13.9 Å². The van der Waals surface area contributed by atoms with Crippen molar-refractivity contribution in [3.63, 3.8) is 0 Å². The highest BCUT2D eigenvalue weighted by molar-refractivity contribution is 7.98. The Kier molecular flexibility index (Phi) is 5.57. The molecule has 0 saturated heterocycles. The summed E-state index contributed by atoms with van der Waals surface area (Å²) in [5.74, 6) is 0.0300. The lowest BCUT2D eigenvalue weighted by Crippen LogP contribution is -2.25. The largest absolute Gasteiger partial charge is 0.416 e. The van der Waals surface area contributed by atoms with Crippen LogP contribution in [-0.4, -0.2) is 35.1 Å². The molecule has 1 amide bonds. The van der Waals surface area contributed by atoms with E-state index in [1.165, 1.54) is 35.0 Å². The Morgan fingerprint density at radius 2 is 2.18 bits per heavy atom. The zero-order valence-corrected chi connectivity index (χ0v) is 13.5. The summed E-state index contributed by atoms with van der Waals surface area (Å²) in [6, 6.07) is 5.99. The van der Waals surface area contributed by atoms with Crippen LogP contribution in [0.2, 0.25) is 5.02 Å². The van der Waals surface area contributed by atoms with Crippen LogP contribution in [0.25, 0.3) is 0 Å². The number of nitrogens with zero attached hydrogens (tertiary/aromatic N) is 3. The van der Waals surface area contributed by atoms with Crippen molar-refractivity contribution >= 4 is 29.5 Å². The maximum atomic E-state index is 13.7. The summed E-state index contributed by atoms with van der Waals surface area (Å²) in [6.45, 7) is 0. The molecule has 1 heterocycles. The Hall–Kier alpha value is -1.86. The molecular formula is C14H13ClFN3O2S. The molecule has 2 rings (SSSR count). The Morgan fingerprint density at radius 1 is 1.41 bits per heavy atom. The van der Waals surface area contributed by atoms with Crippen LogP contribution >= 0.6 is 23.4 Å². The third-order valence-corrected chi connectivity index (χ3v) is 3.81. The molecule has 0 radical (unpaired) electrons. The minimum Gasteiger partial charge on any atom is -0.391 e. The van der Waals surface area contributed by atoms with Crippen molar-refractivity contribution in [1.29, 1.82) is 0 Å². The van der Waals surface area contributed by atoms with Crippen molar-refractivity contribution in [1.82, 2.24) is 14.9 Å². The van der Waals surface area contributed by atoms with Gasteiger partial charge < -0.3 is 9.64 Å². The third-order valence-electron chi connectivity index (χ3n) is 2.57. The second-order valence-electron chi connectivity index (χ2n) is 4.43. The number of carbonyl (C=O) groups is 1. The first-order valence-corrected chi connectivity index (χ1v) is 7.61. The summed E-state index contributed by atoms with van der Waals surface area (Å²) in [6.07, 6.45) is 0.933. The molecule has 2 aromatic rings. The molecule has 0 saturated carbocycles. The van der Waals surface area contributed by atoms with E-state index in [0.717, 1.165) is 0 Å². The lowest BCUT2D eigenvalue weighted by molar-refractivity contribution is 0.169. The Labute approximate surface area is 136 Å². The molecule has 5 nitrogen and oxygen atoms in total. The highest BCUT2D eigenvalue weighted by Gasteiger charge is 2.11. The fourth-order valence-corrected chi connectivity index (χ4v) is 2.61.